The molecule has 0 heterocycles. The van der Waals surface area contributed by atoms with Crippen molar-refractivity contribution in [2.75, 3.05) is 26.7 Å². The Morgan fingerprint density at radius 3 is 2.22 bits per heavy atom. The normalized spacial score (nSPS) is 15.8. The second-order valence-corrected chi connectivity index (χ2v) is 6.85. The van der Waals surface area contributed by atoms with E-state index in [1.807, 2.05) is 24.1 Å². The van der Waals surface area contributed by atoms with Gasteiger partial charge in [-0.2, -0.15) is 0 Å². The maximum atomic E-state index is 12.6. The van der Waals surface area contributed by atoms with Gasteiger partial charge in [-0.15, -0.1) is 0 Å². The second kappa shape index (κ2) is 9.07. The molecule has 1 aliphatic rings. The fraction of sp³-hybridized carbons (Fsp3) is 0.650. The summed E-state index contributed by atoms with van der Waals surface area (Å²) in [6.07, 6.45) is 6.57. The average molecular weight is 316 g/mol. The van der Waals surface area contributed by atoms with Crippen LogP contribution in [0.5, 0.6) is 0 Å². The summed E-state index contributed by atoms with van der Waals surface area (Å²) >= 11 is 0. The van der Waals surface area contributed by atoms with Crippen LogP contribution in [-0.2, 0) is 6.54 Å². The Kier molecular flexibility index (Phi) is 7.10. The SMILES string of the molecule is CCN(CC)Cc1ccc(C(=O)N(C)CC2CCCCC2)cc1. The van der Waals surface area contributed by atoms with Gasteiger partial charge in [0.25, 0.3) is 5.91 Å². The smallest absolute Gasteiger partial charge is 0.253 e. The molecule has 0 saturated heterocycles. The predicted octanol–water partition coefficient (Wildman–Crippen LogP) is 4.18. The molecule has 3 nitrogen and oxygen atoms in total. The lowest BCUT2D eigenvalue weighted by atomic mass is 9.89. The minimum Gasteiger partial charge on any atom is -0.341 e. The third kappa shape index (κ3) is 5.35. The highest BCUT2D eigenvalue weighted by Gasteiger charge is 2.19. The van der Waals surface area contributed by atoms with E-state index >= 15 is 0 Å². The highest BCUT2D eigenvalue weighted by molar-refractivity contribution is 5.94. The van der Waals surface area contributed by atoms with Crippen LogP contribution >= 0.6 is 0 Å². The van der Waals surface area contributed by atoms with Crippen molar-refractivity contribution < 1.29 is 4.79 Å². The van der Waals surface area contributed by atoms with Crippen LogP contribution in [0.1, 0.15) is 61.9 Å². The maximum Gasteiger partial charge on any atom is 0.253 e. The molecule has 0 N–H and O–H groups in total. The van der Waals surface area contributed by atoms with Crippen LogP contribution in [0.15, 0.2) is 24.3 Å². The second-order valence-electron chi connectivity index (χ2n) is 6.85. The van der Waals surface area contributed by atoms with Crippen molar-refractivity contribution in [2.24, 2.45) is 5.92 Å². The van der Waals surface area contributed by atoms with Crippen LogP contribution in [0.25, 0.3) is 0 Å². The van der Waals surface area contributed by atoms with E-state index in [1.165, 1.54) is 37.7 Å². The molecule has 0 bridgehead atoms. The third-order valence-electron chi connectivity index (χ3n) is 5.10. The first-order valence-electron chi connectivity index (χ1n) is 9.20. The first kappa shape index (κ1) is 18.0. The lowest BCUT2D eigenvalue weighted by Crippen LogP contribution is -2.32. The Morgan fingerprint density at radius 2 is 1.65 bits per heavy atom. The van der Waals surface area contributed by atoms with Crippen molar-refractivity contribution in [2.45, 2.75) is 52.5 Å². The Bertz CT molecular complexity index is 473. The largest absolute Gasteiger partial charge is 0.341 e. The number of carbonyl (C=O) groups excluding carboxylic acids is 1. The zero-order valence-electron chi connectivity index (χ0n) is 15.1. The van der Waals surface area contributed by atoms with E-state index < -0.39 is 0 Å². The van der Waals surface area contributed by atoms with E-state index in [-0.39, 0.29) is 5.91 Å². The van der Waals surface area contributed by atoms with Crippen molar-refractivity contribution in [3.05, 3.63) is 35.4 Å². The molecule has 0 unspecified atom stereocenters. The Labute approximate surface area is 141 Å². The summed E-state index contributed by atoms with van der Waals surface area (Å²) in [5, 5.41) is 0. The zero-order valence-corrected chi connectivity index (χ0v) is 15.1. The van der Waals surface area contributed by atoms with Gasteiger partial charge in [-0.05, 0) is 49.5 Å². The summed E-state index contributed by atoms with van der Waals surface area (Å²) < 4.78 is 0. The van der Waals surface area contributed by atoms with Gasteiger partial charge in [-0.1, -0.05) is 45.2 Å². The van der Waals surface area contributed by atoms with E-state index in [0.29, 0.717) is 5.92 Å². The topological polar surface area (TPSA) is 23.6 Å². The minimum atomic E-state index is 0.157. The number of carbonyl (C=O) groups is 1. The number of hydrogen-bond acceptors (Lipinski definition) is 2. The predicted molar refractivity (Wildman–Crippen MR) is 96.6 cm³/mol. The number of hydrogen-bond donors (Lipinski definition) is 0. The van der Waals surface area contributed by atoms with E-state index in [2.05, 4.69) is 30.9 Å². The molecule has 2 rings (SSSR count). The van der Waals surface area contributed by atoms with Gasteiger partial charge in [-0.25, -0.2) is 0 Å². The minimum absolute atomic E-state index is 0.157. The van der Waals surface area contributed by atoms with E-state index in [9.17, 15) is 4.79 Å². The summed E-state index contributed by atoms with van der Waals surface area (Å²) in [5.41, 5.74) is 2.09. The van der Waals surface area contributed by atoms with E-state index in [1.54, 1.807) is 0 Å². The lowest BCUT2D eigenvalue weighted by molar-refractivity contribution is 0.0760. The van der Waals surface area contributed by atoms with Gasteiger partial charge < -0.3 is 4.90 Å². The van der Waals surface area contributed by atoms with Gasteiger partial charge in [0, 0.05) is 25.7 Å². The van der Waals surface area contributed by atoms with Crippen molar-refractivity contribution in [3.8, 4) is 0 Å². The van der Waals surface area contributed by atoms with Crippen molar-refractivity contribution in [1.29, 1.82) is 0 Å². The third-order valence-corrected chi connectivity index (χ3v) is 5.10. The maximum absolute atomic E-state index is 12.6. The molecule has 1 fully saturated rings. The molecule has 128 valence electrons. The number of rotatable bonds is 7. The van der Waals surface area contributed by atoms with Gasteiger partial charge in [0.05, 0.1) is 0 Å². The van der Waals surface area contributed by atoms with Gasteiger partial charge in [0.2, 0.25) is 0 Å². The molecule has 3 heteroatoms. The van der Waals surface area contributed by atoms with E-state index in [0.717, 1.165) is 31.7 Å². The highest BCUT2D eigenvalue weighted by Crippen LogP contribution is 2.24. The molecule has 0 aliphatic heterocycles. The molecule has 1 aliphatic carbocycles. The Balaban J connectivity index is 1.90. The molecule has 1 aromatic carbocycles. The summed E-state index contributed by atoms with van der Waals surface area (Å²) in [6.45, 7) is 8.34. The van der Waals surface area contributed by atoms with Crippen LogP contribution in [0.3, 0.4) is 0 Å². The molecular formula is C20H32N2O. The fourth-order valence-electron chi connectivity index (χ4n) is 3.52. The number of benzene rings is 1. The quantitative estimate of drug-likeness (QED) is 0.753. The fourth-order valence-corrected chi connectivity index (χ4v) is 3.52. The van der Waals surface area contributed by atoms with Gasteiger partial charge in [0.1, 0.15) is 0 Å². The molecule has 0 radical (unpaired) electrons. The van der Waals surface area contributed by atoms with Crippen LogP contribution in [-0.4, -0.2) is 42.4 Å². The molecule has 1 aromatic rings. The first-order chi connectivity index (χ1) is 11.1. The highest BCUT2D eigenvalue weighted by atomic mass is 16.2. The first-order valence-corrected chi connectivity index (χ1v) is 9.20. The standard InChI is InChI=1S/C20H32N2O/c1-4-22(5-2)16-18-11-13-19(14-12-18)20(23)21(3)15-17-9-7-6-8-10-17/h11-14,17H,4-10,15-16H2,1-3H3. The van der Waals surface area contributed by atoms with Crippen LogP contribution in [0.4, 0.5) is 0 Å². The summed E-state index contributed by atoms with van der Waals surface area (Å²) in [4.78, 5) is 16.9. The van der Waals surface area contributed by atoms with Gasteiger partial charge in [-0.3, -0.25) is 9.69 Å². The summed E-state index contributed by atoms with van der Waals surface area (Å²) in [5.74, 6) is 0.851. The van der Waals surface area contributed by atoms with Crippen molar-refractivity contribution in [1.82, 2.24) is 9.80 Å². The monoisotopic (exact) mass is 316 g/mol. The number of amides is 1. The van der Waals surface area contributed by atoms with Crippen LogP contribution < -0.4 is 0 Å². The lowest BCUT2D eigenvalue weighted by Gasteiger charge is -2.27. The van der Waals surface area contributed by atoms with Crippen molar-refractivity contribution in [3.63, 3.8) is 0 Å². The molecule has 1 saturated carbocycles. The molecule has 23 heavy (non-hydrogen) atoms. The molecule has 1 amide bonds. The Hall–Kier alpha value is -1.35. The Morgan fingerprint density at radius 1 is 1.04 bits per heavy atom. The van der Waals surface area contributed by atoms with Crippen LogP contribution in [0.2, 0.25) is 0 Å². The summed E-state index contributed by atoms with van der Waals surface area (Å²) in [6, 6.07) is 8.16. The summed E-state index contributed by atoms with van der Waals surface area (Å²) in [7, 11) is 1.95. The van der Waals surface area contributed by atoms with E-state index in [4.69, 9.17) is 0 Å². The van der Waals surface area contributed by atoms with Gasteiger partial charge >= 0.3 is 0 Å². The molecular weight excluding hydrogens is 284 g/mol. The molecule has 0 spiro atoms. The molecule has 0 atom stereocenters. The molecule has 0 aromatic heterocycles. The zero-order chi connectivity index (χ0) is 16.7. The number of nitrogens with zero attached hydrogens (tertiary/aromatic N) is 2. The average Bonchev–Trinajstić information content (AvgIpc) is 2.60. The van der Waals surface area contributed by atoms with Gasteiger partial charge in [0.15, 0.2) is 0 Å². The van der Waals surface area contributed by atoms with Crippen LogP contribution in [0, 0.1) is 5.92 Å². The van der Waals surface area contributed by atoms with Crippen molar-refractivity contribution >= 4 is 5.91 Å².